The summed E-state index contributed by atoms with van der Waals surface area (Å²) >= 11 is 0. The van der Waals surface area contributed by atoms with Crippen LogP contribution in [0.1, 0.15) is 35.5 Å². The van der Waals surface area contributed by atoms with Gasteiger partial charge >= 0.3 is 0 Å². The largest absolute Gasteiger partial charge is 0.496 e. The Hall–Kier alpha value is -3.19. The highest BCUT2D eigenvalue weighted by Gasteiger charge is 2.22. The summed E-state index contributed by atoms with van der Waals surface area (Å²) in [5, 5.41) is 0. The molecule has 0 unspecified atom stereocenters. The standard InChI is InChI=1S/C25H30N2O5/c1-15-21(28-5)10-8-19(24(15)29-6)25-26-20(17(3)32-25)14-27(4)16(2)18-7-9-22-23(13-18)31-12-11-30-22/h7-10,13,16H,11-12,14H2,1-6H3/t16-/m0/s1. The zero-order valence-corrected chi connectivity index (χ0v) is 19.5. The number of nitrogens with zero attached hydrogens (tertiary/aromatic N) is 2. The summed E-state index contributed by atoms with van der Waals surface area (Å²) in [6.07, 6.45) is 0. The normalized spacial score (nSPS) is 13.8. The number of hydrogen-bond acceptors (Lipinski definition) is 7. The van der Waals surface area contributed by atoms with Crippen LogP contribution in [0.2, 0.25) is 0 Å². The van der Waals surface area contributed by atoms with E-state index in [-0.39, 0.29) is 6.04 Å². The molecule has 0 aliphatic carbocycles. The SMILES string of the molecule is COc1ccc(-c2nc(CN(C)[C@@H](C)c3ccc4c(c3)OCCO4)c(C)o2)c(OC)c1C. The van der Waals surface area contributed by atoms with Crippen LogP contribution in [0.15, 0.2) is 34.7 Å². The monoisotopic (exact) mass is 438 g/mol. The van der Waals surface area contributed by atoms with Gasteiger partial charge in [-0.2, -0.15) is 0 Å². The fourth-order valence-electron chi connectivity index (χ4n) is 3.96. The number of fused-ring (bicyclic) bond motifs is 1. The maximum Gasteiger partial charge on any atom is 0.230 e. The van der Waals surface area contributed by atoms with E-state index in [0.29, 0.717) is 31.4 Å². The second kappa shape index (κ2) is 9.12. The quantitative estimate of drug-likeness (QED) is 0.518. The van der Waals surface area contributed by atoms with Crippen molar-refractivity contribution in [3.63, 3.8) is 0 Å². The summed E-state index contributed by atoms with van der Waals surface area (Å²) in [7, 11) is 5.37. The fraction of sp³-hybridized carbons (Fsp3) is 0.400. The molecular weight excluding hydrogens is 408 g/mol. The highest BCUT2D eigenvalue weighted by molar-refractivity contribution is 5.68. The number of ether oxygens (including phenoxy) is 4. The molecule has 0 radical (unpaired) electrons. The molecule has 4 rings (SSSR count). The lowest BCUT2D eigenvalue weighted by Crippen LogP contribution is -2.23. The third kappa shape index (κ3) is 4.12. The molecular formula is C25H30N2O5. The number of aryl methyl sites for hydroxylation is 1. The van der Waals surface area contributed by atoms with Crippen LogP contribution in [0.25, 0.3) is 11.5 Å². The lowest BCUT2D eigenvalue weighted by molar-refractivity contribution is 0.170. The number of benzene rings is 2. The molecule has 2 aromatic carbocycles. The number of oxazole rings is 1. The number of aromatic nitrogens is 1. The van der Waals surface area contributed by atoms with E-state index in [2.05, 4.69) is 31.0 Å². The van der Waals surface area contributed by atoms with E-state index in [9.17, 15) is 0 Å². The minimum atomic E-state index is 0.156. The second-order valence-electron chi connectivity index (χ2n) is 7.99. The van der Waals surface area contributed by atoms with Crippen molar-refractivity contribution in [2.45, 2.75) is 33.4 Å². The van der Waals surface area contributed by atoms with E-state index in [1.54, 1.807) is 14.2 Å². The van der Waals surface area contributed by atoms with Gasteiger partial charge in [0.25, 0.3) is 0 Å². The van der Waals surface area contributed by atoms with Gasteiger partial charge in [0, 0.05) is 18.2 Å². The maximum absolute atomic E-state index is 6.04. The zero-order chi connectivity index (χ0) is 22.8. The Balaban J connectivity index is 1.55. The topological polar surface area (TPSA) is 66.2 Å². The van der Waals surface area contributed by atoms with E-state index in [4.69, 9.17) is 28.3 Å². The van der Waals surface area contributed by atoms with Crippen molar-refractivity contribution in [3.8, 4) is 34.5 Å². The molecule has 0 saturated heterocycles. The van der Waals surface area contributed by atoms with Crippen molar-refractivity contribution in [1.82, 2.24) is 9.88 Å². The van der Waals surface area contributed by atoms with Crippen molar-refractivity contribution in [2.75, 3.05) is 34.5 Å². The smallest absolute Gasteiger partial charge is 0.230 e. The van der Waals surface area contributed by atoms with Crippen LogP contribution in [-0.4, -0.2) is 44.4 Å². The van der Waals surface area contributed by atoms with Crippen LogP contribution in [0.4, 0.5) is 0 Å². The zero-order valence-electron chi connectivity index (χ0n) is 19.5. The highest BCUT2D eigenvalue weighted by Crippen LogP contribution is 2.38. The Morgan fingerprint density at radius 3 is 2.50 bits per heavy atom. The molecule has 0 N–H and O–H groups in total. The lowest BCUT2D eigenvalue weighted by atomic mass is 10.1. The molecule has 0 spiro atoms. The van der Waals surface area contributed by atoms with E-state index >= 15 is 0 Å². The lowest BCUT2D eigenvalue weighted by Gasteiger charge is -2.26. The molecule has 7 heteroatoms. The molecule has 2 heterocycles. The minimum absolute atomic E-state index is 0.156. The van der Waals surface area contributed by atoms with Gasteiger partial charge in [0.05, 0.1) is 25.5 Å². The van der Waals surface area contributed by atoms with Gasteiger partial charge in [0.1, 0.15) is 30.5 Å². The average Bonchev–Trinajstić information content (AvgIpc) is 3.17. The average molecular weight is 439 g/mol. The summed E-state index contributed by atoms with van der Waals surface area (Å²) in [6.45, 7) is 7.88. The van der Waals surface area contributed by atoms with Crippen molar-refractivity contribution in [3.05, 3.63) is 52.9 Å². The first-order valence-corrected chi connectivity index (χ1v) is 10.7. The van der Waals surface area contributed by atoms with Gasteiger partial charge in [0.15, 0.2) is 11.5 Å². The Labute approximate surface area is 188 Å². The second-order valence-corrected chi connectivity index (χ2v) is 7.99. The van der Waals surface area contributed by atoms with Crippen LogP contribution < -0.4 is 18.9 Å². The Kier molecular flexibility index (Phi) is 6.28. The number of hydrogen-bond donors (Lipinski definition) is 0. The summed E-state index contributed by atoms with van der Waals surface area (Å²) in [5.74, 6) is 4.40. The van der Waals surface area contributed by atoms with Crippen LogP contribution in [0, 0.1) is 13.8 Å². The molecule has 0 saturated carbocycles. The van der Waals surface area contributed by atoms with Gasteiger partial charge < -0.3 is 23.4 Å². The van der Waals surface area contributed by atoms with Crippen molar-refractivity contribution < 1.29 is 23.4 Å². The van der Waals surface area contributed by atoms with Crippen molar-refractivity contribution >= 4 is 0 Å². The first-order valence-electron chi connectivity index (χ1n) is 10.7. The molecule has 0 fully saturated rings. The van der Waals surface area contributed by atoms with Crippen LogP contribution >= 0.6 is 0 Å². The van der Waals surface area contributed by atoms with E-state index < -0.39 is 0 Å². The molecule has 1 aliphatic heterocycles. The molecule has 0 bridgehead atoms. The molecule has 7 nitrogen and oxygen atoms in total. The van der Waals surface area contributed by atoms with Crippen molar-refractivity contribution in [1.29, 1.82) is 0 Å². The van der Waals surface area contributed by atoms with E-state index in [1.807, 2.05) is 32.0 Å². The molecule has 32 heavy (non-hydrogen) atoms. The number of methoxy groups -OCH3 is 2. The number of rotatable bonds is 7. The van der Waals surface area contributed by atoms with E-state index in [1.165, 1.54) is 0 Å². The van der Waals surface area contributed by atoms with Gasteiger partial charge in [-0.15, -0.1) is 0 Å². The molecule has 1 aliphatic rings. The first-order chi connectivity index (χ1) is 15.4. The third-order valence-electron chi connectivity index (χ3n) is 6.01. The molecule has 1 atom stereocenters. The van der Waals surface area contributed by atoms with E-state index in [0.717, 1.165) is 45.4 Å². The Morgan fingerprint density at radius 2 is 1.78 bits per heavy atom. The predicted molar refractivity (Wildman–Crippen MR) is 122 cm³/mol. The van der Waals surface area contributed by atoms with Gasteiger partial charge in [-0.05, 0) is 57.6 Å². The van der Waals surface area contributed by atoms with Gasteiger partial charge in [0.2, 0.25) is 5.89 Å². The van der Waals surface area contributed by atoms with Crippen LogP contribution in [0.5, 0.6) is 23.0 Å². The highest BCUT2D eigenvalue weighted by atomic mass is 16.6. The minimum Gasteiger partial charge on any atom is -0.496 e. The predicted octanol–water partition coefficient (Wildman–Crippen LogP) is 4.94. The summed E-state index contributed by atoms with van der Waals surface area (Å²) < 4.78 is 28.5. The van der Waals surface area contributed by atoms with Crippen molar-refractivity contribution in [2.24, 2.45) is 0 Å². The Bertz CT molecular complexity index is 1110. The maximum atomic E-state index is 6.04. The third-order valence-corrected chi connectivity index (χ3v) is 6.01. The van der Waals surface area contributed by atoms with Crippen LogP contribution in [0.3, 0.4) is 0 Å². The Morgan fingerprint density at radius 1 is 1.03 bits per heavy atom. The summed E-state index contributed by atoms with van der Waals surface area (Å²) in [5.41, 5.74) is 3.77. The summed E-state index contributed by atoms with van der Waals surface area (Å²) in [6, 6.07) is 10.1. The van der Waals surface area contributed by atoms with Gasteiger partial charge in [-0.25, -0.2) is 4.98 Å². The van der Waals surface area contributed by atoms with Gasteiger partial charge in [-0.3, -0.25) is 4.90 Å². The molecule has 170 valence electrons. The molecule has 1 aromatic heterocycles. The van der Waals surface area contributed by atoms with Crippen LogP contribution in [-0.2, 0) is 6.54 Å². The molecule has 3 aromatic rings. The fourth-order valence-corrected chi connectivity index (χ4v) is 3.96. The first kappa shape index (κ1) is 22.0. The molecule has 0 amide bonds. The van der Waals surface area contributed by atoms with Gasteiger partial charge in [-0.1, -0.05) is 6.07 Å². The summed E-state index contributed by atoms with van der Waals surface area (Å²) in [4.78, 5) is 7.03.